The molecule has 0 saturated heterocycles. The molecule has 0 bridgehead atoms. The lowest BCUT2D eigenvalue weighted by molar-refractivity contribution is -0.142. The molecule has 0 aromatic carbocycles. The zero-order chi connectivity index (χ0) is 22.7. The molecule has 0 fully saturated rings. The zero-order valence-corrected chi connectivity index (χ0v) is 15.8. The molecule has 3 atom stereocenters. The van der Waals surface area contributed by atoms with E-state index in [0.717, 1.165) is 0 Å². The van der Waals surface area contributed by atoms with Gasteiger partial charge in [0.05, 0.1) is 25.5 Å². The number of carbonyl (C=O) groups is 5. The van der Waals surface area contributed by atoms with Crippen LogP contribution in [0.3, 0.4) is 0 Å². The van der Waals surface area contributed by atoms with Crippen LogP contribution in [0, 0.1) is 0 Å². The molecule has 14 heteroatoms. The third kappa shape index (κ3) is 8.66. The van der Waals surface area contributed by atoms with Gasteiger partial charge in [-0.3, -0.25) is 19.2 Å². The van der Waals surface area contributed by atoms with Crippen LogP contribution in [0.4, 0.5) is 0 Å². The summed E-state index contributed by atoms with van der Waals surface area (Å²) in [4.78, 5) is 64.4. The molecule has 14 nitrogen and oxygen atoms in total. The highest BCUT2D eigenvalue weighted by atomic mass is 16.4. The highest BCUT2D eigenvalue weighted by Crippen LogP contribution is 2.01. The number of nitrogens with one attached hydrogen (secondary N) is 4. The average Bonchev–Trinajstić information content (AvgIpc) is 3.19. The standard InChI is InChI=1S/C16H24N6O8/c17-9(3-8-4-18-7-20-8)14(27)22-10(1-2-13(25)26)15(28)19-5-12(24)21-11(6-23)16(29)30/h4,7,9-11,23H,1-3,5-6,17H2,(H,18,20)(H,19,28)(H,21,24)(H,22,27)(H,25,26)(H,29,30). The summed E-state index contributed by atoms with van der Waals surface area (Å²) < 4.78 is 0. The average molecular weight is 428 g/mol. The number of imidazole rings is 1. The highest BCUT2D eigenvalue weighted by Gasteiger charge is 2.26. The molecule has 1 heterocycles. The molecular formula is C16H24N6O8. The number of aliphatic hydroxyl groups is 1. The molecule has 9 N–H and O–H groups in total. The number of aliphatic hydroxyl groups excluding tert-OH is 1. The lowest BCUT2D eigenvalue weighted by Gasteiger charge is -2.20. The number of hydrogen-bond donors (Lipinski definition) is 8. The van der Waals surface area contributed by atoms with E-state index in [9.17, 15) is 24.0 Å². The van der Waals surface area contributed by atoms with Crippen LogP contribution < -0.4 is 21.7 Å². The van der Waals surface area contributed by atoms with Crippen molar-refractivity contribution in [3.05, 3.63) is 18.2 Å². The molecule has 1 aromatic heterocycles. The van der Waals surface area contributed by atoms with Crippen molar-refractivity contribution in [3.63, 3.8) is 0 Å². The van der Waals surface area contributed by atoms with Crippen LogP contribution in [0.1, 0.15) is 18.5 Å². The second-order valence-corrected chi connectivity index (χ2v) is 6.24. The van der Waals surface area contributed by atoms with Gasteiger partial charge in [-0.25, -0.2) is 9.78 Å². The van der Waals surface area contributed by atoms with Gasteiger partial charge in [-0.1, -0.05) is 0 Å². The van der Waals surface area contributed by atoms with Crippen LogP contribution in [0.5, 0.6) is 0 Å². The van der Waals surface area contributed by atoms with E-state index >= 15 is 0 Å². The second kappa shape index (κ2) is 12.1. The number of aliphatic carboxylic acids is 2. The Kier molecular flexibility index (Phi) is 9.91. The first kappa shape index (κ1) is 24.5. The first-order chi connectivity index (χ1) is 14.1. The third-order valence-electron chi connectivity index (χ3n) is 3.85. The Hall–Kier alpha value is -3.52. The summed E-state index contributed by atoms with van der Waals surface area (Å²) in [6.45, 7) is -1.50. The molecule has 0 aliphatic heterocycles. The van der Waals surface area contributed by atoms with Crippen LogP contribution in [0.2, 0.25) is 0 Å². The van der Waals surface area contributed by atoms with E-state index < -0.39 is 67.4 Å². The van der Waals surface area contributed by atoms with E-state index in [0.29, 0.717) is 5.69 Å². The largest absolute Gasteiger partial charge is 0.481 e. The first-order valence-electron chi connectivity index (χ1n) is 8.79. The fourth-order valence-electron chi connectivity index (χ4n) is 2.26. The number of aromatic nitrogens is 2. The first-order valence-corrected chi connectivity index (χ1v) is 8.79. The molecule has 3 amide bonds. The maximum Gasteiger partial charge on any atom is 0.328 e. The Labute approximate surface area is 170 Å². The lowest BCUT2D eigenvalue weighted by Crippen LogP contribution is -2.54. The van der Waals surface area contributed by atoms with Crippen LogP contribution in [-0.2, 0) is 30.4 Å². The number of aromatic amines is 1. The predicted molar refractivity (Wildman–Crippen MR) is 98.7 cm³/mol. The third-order valence-corrected chi connectivity index (χ3v) is 3.85. The molecular weight excluding hydrogens is 404 g/mol. The number of hydrogen-bond acceptors (Lipinski definition) is 8. The topological polar surface area (TPSA) is 237 Å². The fraction of sp³-hybridized carbons (Fsp3) is 0.500. The minimum absolute atomic E-state index is 0.0965. The maximum atomic E-state index is 12.3. The minimum atomic E-state index is -1.54. The molecule has 3 unspecified atom stereocenters. The van der Waals surface area contributed by atoms with E-state index in [1.54, 1.807) is 0 Å². The summed E-state index contributed by atoms with van der Waals surface area (Å²) in [7, 11) is 0. The highest BCUT2D eigenvalue weighted by molar-refractivity contribution is 5.92. The van der Waals surface area contributed by atoms with Crippen LogP contribution in [-0.4, -0.2) is 86.2 Å². The number of carboxylic acids is 2. The van der Waals surface area contributed by atoms with Gasteiger partial charge in [0.1, 0.15) is 12.1 Å². The van der Waals surface area contributed by atoms with Crippen molar-refractivity contribution < 1.29 is 39.3 Å². The van der Waals surface area contributed by atoms with E-state index in [1.807, 2.05) is 5.32 Å². The molecule has 0 saturated carbocycles. The molecule has 30 heavy (non-hydrogen) atoms. The van der Waals surface area contributed by atoms with Gasteiger partial charge in [-0.05, 0) is 6.42 Å². The molecule has 1 aromatic rings. The number of carbonyl (C=O) groups excluding carboxylic acids is 3. The van der Waals surface area contributed by atoms with E-state index in [1.165, 1.54) is 12.5 Å². The maximum absolute atomic E-state index is 12.3. The van der Waals surface area contributed by atoms with Gasteiger partial charge >= 0.3 is 11.9 Å². The van der Waals surface area contributed by atoms with Gasteiger partial charge < -0.3 is 42.0 Å². The lowest BCUT2D eigenvalue weighted by atomic mass is 10.1. The van der Waals surface area contributed by atoms with Crippen molar-refractivity contribution in [2.24, 2.45) is 5.73 Å². The van der Waals surface area contributed by atoms with E-state index in [4.69, 9.17) is 21.1 Å². The van der Waals surface area contributed by atoms with Crippen molar-refractivity contribution in [3.8, 4) is 0 Å². The van der Waals surface area contributed by atoms with E-state index in [2.05, 4.69) is 20.6 Å². The van der Waals surface area contributed by atoms with Gasteiger partial charge in [0.25, 0.3) is 0 Å². The fourth-order valence-corrected chi connectivity index (χ4v) is 2.26. The number of nitrogens with two attached hydrogens (primary N) is 1. The van der Waals surface area contributed by atoms with Crippen molar-refractivity contribution in [2.75, 3.05) is 13.2 Å². The smallest absolute Gasteiger partial charge is 0.328 e. The summed E-state index contributed by atoms with van der Waals surface area (Å²) in [6, 6.07) is -3.88. The van der Waals surface area contributed by atoms with Crippen LogP contribution in [0.15, 0.2) is 12.5 Å². The summed E-state index contributed by atoms with van der Waals surface area (Å²) in [5.74, 6) is -5.14. The van der Waals surface area contributed by atoms with E-state index in [-0.39, 0.29) is 12.8 Å². The Morgan fingerprint density at radius 2 is 1.80 bits per heavy atom. The Bertz CT molecular complexity index is 753. The number of nitrogens with zero attached hydrogens (tertiary/aromatic N) is 1. The van der Waals surface area contributed by atoms with Crippen molar-refractivity contribution in [1.82, 2.24) is 25.9 Å². The summed E-state index contributed by atoms with van der Waals surface area (Å²) in [5, 5.41) is 33.0. The Morgan fingerprint density at radius 1 is 1.10 bits per heavy atom. The number of rotatable bonds is 13. The van der Waals surface area contributed by atoms with Crippen LogP contribution in [0.25, 0.3) is 0 Å². The molecule has 0 radical (unpaired) electrons. The zero-order valence-electron chi connectivity index (χ0n) is 15.8. The number of H-pyrrole nitrogens is 1. The summed E-state index contributed by atoms with van der Waals surface area (Å²) in [6.07, 6.45) is 2.27. The van der Waals surface area contributed by atoms with Gasteiger partial charge in [-0.15, -0.1) is 0 Å². The monoisotopic (exact) mass is 428 g/mol. The van der Waals surface area contributed by atoms with Crippen molar-refractivity contribution in [1.29, 1.82) is 0 Å². The van der Waals surface area contributed by atoms with Gasteiger partial charge in [-0.2, -0.15) is 0 Å². The minimum Gasteiger partial charge on any atom is -0.481 e. The predicted octanol–water partition coefficient (Wildman–Crippen LogP) is -3.69. The molecule has 0 spiro atoms. The SMILES string of the molecule is NC(Cc1cnc[nH]1)C(=O)NC(CCC(=O)O)C(=O)NCC(=O)NC(CO)C(=O)O. The summed E-state index contributed by atoms with van der Waals surface area (Å²) >= 11 is 0. The Balaban J connectivity index is 2.65. The summed E-state index contributed by atoms with van der Waals surface area (Å²) in [5.41, 5.74) is 6.36. The van der Waals surface area contributed by atoms with Crippen molar-refractivity contribution in [2.45, 2.75) is 37.4 Å². The quantitative estimate of drug-likeness (QED) is 0.153. The molecule has 166 valence electrons. The molecule has 0 aliphatic carbocycles. The van der Waals surface area contributed by atoms with Gasteiger partial charge in [0, 0.05) is 24.7 Å². The Morgan fingerprint density at radius 3 is 2.33 bits per heavy atom. The van der Waals surface area contributed by atoms with Gasteiger partial charge in [0.15, 0.2) is 0 Å². The number of carboxylic acid groups (broad SMARTS) is 2. The number of amides is 3. The van der Waals surface area contributed by atoms with Gasteiger partial charge in [0.2, 0.25) is 17.7 Å². The molecule has 0 aliphatic rings. The normalized spacial score (nSPS) is 13.5. The molecule has 1 rings (SSSR count). The second-order valence-electron chi connectivity index (χ2n) is 6.24. The van der Waals surface area contributed by atoms with Crippen LogP contribution >= 0.6 is 0 Å². The van der Waals surface area contributed by atoms with Crippen molar-refractivity contribution >= 4 is 29.7 Å².